The van der Waals surface area contributed by atoms with Crippen LogP contribution in [0.4, 0.5) is 0 Å². The van der Waals surface area contributed by atoms with Crippen molar-refractivity contribution in [2.45, 2.75) is 18.9 Å². The van der Waals surface area contributed by atoms with Gasteiger partial charge in [-0.3, -0.25) is 4.79 Å². The van der Waals surface area contributed by atoms with E-state index in [-0.39, 0.29) is 12.0 Å². The normalized spacial score (nSPS) is 19.4. The van der Waals surface area contributed by atoms with E-state index in [9.17, 15) is 4.79 Å². The van der Waals surface area contributed by atoms with Crippen molar-refractivity contribution in [1.29, 1.82) is 0 Å². The highest BCUT2D eigenvalue weighted by atomic mass is 16.6. The van der Waals surface area contributed by atoms with Crippen LogP contribution in [-0.4, -0.2) is 53.4 Å². The van der Waals surface area contributed by atoms with E-state index < -0.39 is 0 Å². The summed E-state index contributed by atoms with van der Waals surface area (Å²) in [5, 5.41) is 7.76. The van der Waals surface area contributed by atoms with Crippen LogP contribution < -0.4 is 14.2 Å². The van der Waals surface area contributed by atoms with Crippen molar-refractivity contribution in [3.05, 3.63) is 42.1 Å². The van der Waals surface area contributed by atoms with Gasteiger partial charge in [-0.05, 0) is 31.0 Å². The standard InChI is InChI=1S/C18H19N3O4/c22-18(14-5-1-6-15-17(14)24-11-10-23-15)21-9-3-4-13(12-21)25-16-7-2-8-19-20-16/h1-2,5-8,13H,3-4,9-12H2/t13-/m0/s1. The molecule has 7 nitrogen and oxygen atoms in total. The molecule has 1 saturated heterocycles. The van der Waals surface area contributed by atoms with E-state index in [1.165, 1.54) is 0 Å². The topological polar surface area (TPSA) is 73.8 Å². The molecule has 1 aromatic heterocycles. The molecule has 0 spiro atoms. The van der Waals surface area contributed by atoms with Gasteiger partial charge >= 0.3 is 0 Å². The van der Waals surface area contributed by atoms with Crippen LogP contribution in [0.1, 0.15) is 23.2 Å². The summed E-state index contributed by atoms with van der Waals surface area (Å²) in [4.78, 5) is 14.8. The van der Waals surface area contributed by atoms with Crippen molar-refractivity contribution in [1.82, 2.24) is 15.1 Å². The lowest BCUT2D eigenvalue weighted by molar-refractivity contribution is 0.0518. The molecular formula is C18H19N3O4. The van der Waals surface area contributed by atoms with E-state index in [2.05, 4.69) is 10.2 Å². The van der Waals surface area contributed by atoms with Gasteiger partial charge in [-0.2, -0.15) is 5.10 Å². The van der Waals surface area contributed by atoms with Gasteiger partial charge in [-0.15, -0.1) is 5.10 Å². The first-order valence-corrected chi connectivity index (χ1v) is 8.43. The Morgan fingerprint density at radius 3 is 3.00 bits per heavy atom. The molecule has 1 fully saturated rings. The smallest absolute Gasteiger partial charge is 0.257 e. The quantitative estimate of drug-likeness (QED) is 0.849. The zero-order valence-electron chi connectivity index (χ0n) is 13.8. The van der Waals surface area contributed by atoms with Gasteiger partial charge in [-0.25, -0.2) is 0 Å². The maximum atomic E-state index is 13.0. The van der Waals surface area contributed by atoms with Crippen molar-refractivity contribution in [2.75, 3.05) is 26.3 Å². The fourth-order valence-electron chi connectivity index (χ4n) is 3.15. The Balaban J connectivity index is 1.49. The number of hydrogen-bond donors (Lipinski definition) is 0. The van der Waals surface area contributed by atoms with Crippen LogP contribution in [-0.2, 0) is 0 Å². The third-order valence-corrected chi connectivity index (χ3v) is 4.30. The van der Waals surface area contributed by atoms with Crippen LogP contribution in [0, 0.1) is 0 Å². The number of carbonyl (C=O) groups is 1. The molecule has 0 unspecified atom stereocenters. The number of ether oxygens (including phenoxy) is 3. The number of carbonyl (C=O) groups excluding carboxylic acids is 1. The molecule has 3 heterocycles. The third-order valence-electron chi connectivity index (χ3n) is 4.30. The summed E-state index contributed by atoms with van der Waals surface area (Å²) in [5.74, 6) is 1.59. The molecule has 2 aliphatic heterocycles. The monoisotopic (exact) mass is 341 g/mol. The number of likely N-dealkylation sites (tertiary alicyclic amines) is 1. The Hall–Kier alpha value is -2.83. The number of para-hydroxylation sites is 1. The molecule has 1 amide bonds. The lowest BCUT2D eigenvalue weighted by atomic mass is 10.1. The van der Waals surface area contributed by atoms with Crippen LogP contribution in [0.2, 0.25) is 0 Å². The highest BCUT2D eigenvalue weighted by Crippen LogP contribution is 2.34. The van der Waals surface area contributed by atoms with Crippen molar-refractivity contribution in [3.63, 3.8) is 0 Å². The minimum atomic E-state index is -0.0916. The number of benzene rings is 1. The Kier molecular flexibility index (Phi) is 4.37. The summed E-state index contributed by atoms with van der Waals surface area (Å²) in [7, 11) is 0. The number of nitrogens with zero attached hydrogens (tertiary/aromatic N) is 3. The molecule has 0 N–H and O–H groups in total. The molecule has 2 aliphatic rings. The van der Waals surface area contributed by atoms with Gasteiger partial charge in [0, 0.05) is 18.8 Å². The fraction of sp³-hybridized carbons (Fsp3) is 0.389. The summed E-state index contributed by atoms with van der Waals surface area (Å²) >= 11 is 0. The molecule has 1 aromatic carbocycles. The molecule has 0 bridgehead atoms. The van der Waals surface area contributed by atoms with E-state index in [0.717, 1.165) is 12.8 Å². The molecule has 130 valence electrons. The van der Waals surface area contributed by atoms with Gasteiger partial charge in [0.05, 0.1) is 12.1 Å². The van der Waals surface area contributed by atoms with Gasteiger partial charge in [0.2, 0.25) is 5.88 Å². The van der Waals surface area contributed by atoms with Crippen molar-refractivity contribution in [2.24, 2.45) is 0 Å². The van der Waals surface area contributed by atoms with Crippen LogP contribution >= 0.6 is 0 Å². The summed E-state index contributed by atoms with van der Waals surface area (Å²) < 4.78 is 17.1. The lowest BCUT2D eigenvalue weighted by Gasteiger charge is -2.33. The number of aromatic nitrogens is 2. The third kappa shape index (κ3) is 3.35. The summed E-state index contributed by atoms with van der Waals surface area (Å²) in [6.07, 6.45) is 3.27. The minimum absolute atomic E-state index is 0.0604. The molecular weight excluding hydrogens is 322 g/mol. The Labute approximate surface area is 145 Å². The van der Waals surface area contributed by atoms with Crippen LogP contribution in [0.3, 0.4) is 0 Å². The van der Waals surface area contributed by atoms with Crippen LogP contribution in [0.25, 0.3) is 0 Å². The molecule has 1 atom stereocenters. The zero-order chi connectivity index (χ0) is 17.1. The van der Waals surface area contributed by atoms with Gasteiger partial charge in [0.25, 0.3) is 5.91 Å². The molecule has 2 aromatic rings. The lowest BCUT2D eigenvalue weighted by Crippen LogP contribution is -2.44. The maximum Gasteiger partial charge on any atom is 0.257 e. The minimum Gasteiger partial charge on any atom is -0.486 e. The first-order valence-electron chi connectivity index (χ1n) is 8.43. The highest BCUT2D eigenvalue weighted by Gasteiger charge is 2.29. The van der Waals surface area contributed by atoms with Crippen LogP contribution in [0.5, 0.6) is 17.4 Å². The Morgan fingerprint density at radius 1 is 1.20 bits per heavy atom. The second-order valence-corrected chi connectivity index (χ2v) is 6.02. The Bertz CT molecular complexity index is 753. The van der Waals surface area contributed by atoms with Gasteiger partial charge in [-0.1, -0.05) is 6.07 Å². The number of fused-ring (bicyclic) bond motifs is 1. The van der Waals surface area contributed by atoms with Crippen LogP contribution in [0.15, 0.2) is 36.5 Å². The summed E-state index contributed by atoms with van der Waals surface area (Å²) in [6, 6.07) is 8.97. The van der Waals surface area contributed by atoms with E-state index >= 15 is 0 Å². The van der Waals surface area contributed by atoms with E-state index in [4.69, 9.17) is 14.2 Å². The average molecular weight is 341 g/mol. The van der Waals surface area contributed by atoms with Gasteiger partial charge in [0.1, 0.15) is 19.3 Å². The second-order valence-electron chi connectivity index (χ2n) is 6.02. The number of amides is 1. The summed E-state index contributed by atoms with van der Waals surface area (Å²) in [5.41, 5.74) is 0.539. The number of rotatable bonds is 3. The molecule has 25 heavy (non-hydrogen) atoms. The first kappa shape index (κ1) is 15.7. The van der Waals surface area contributed by atoms with Crippen molar-refractivity contribution >= 4 is 5.91 Å². The Morgan fingerprint density at radius 2 is 2.12 bits per heavy atom. The summed E-state index contributed by atoms with van der Waals surface area (Å²) in [6.45, 7) is 2.17. The van der Waals surface area contributed by atoms with E-state index in [0.29, 0.717) is 49.2 Å². The molecule has 4 rings (SSSR count). The molecule has 7 heteroatoms. The van der Waals surface area contributed by atoms with Crippen molar-refractivity contribution in [3.8, 4) is 17.4 Å². The SMILES string of the molecule is O=C(c1cccc2c1OCCO2)N1CCC[C@H](Oc2cccnn2)C1. The highest BCUT2D eigenvalue weighted by molar-refractivity contribution is 5.98. The second kappa shape index (κ2) is 6.96. The predicted octanol–water partition coefficient (Wildman–Crippen LogP) is 1.93. The molecule has 0 aliphatic carbocycles. The zero-order valence-corrected chi connectivity index (χ0v) is 13.8. The van der Waals surface area contributed by atoms with E-state index in [1.807, 2.05) is 12.1 Å². The first-order chi connectivity index (χ1) is 12.3. The number of hydrogen-bond acceptors (Lipinski definition) is 6. The largest absolute Gasteiger partial charge is 0.486 e. The van der Waals surface area contributed by atoms with Gasteiger partial charge in [0.15, 0.2) is 11.5 Å². The van der Waals surface area contributed by atoms with E-state index in [1.54, 1.807) is 29.3 Å². The number of piperidine rings is 1. The molecule has 0 radical (unpaired) electrons. The van der Waals surface area contributed by atoms with Gasteiger partial charge < -0.3 is 19.1 Å². The average Bonchev–Trinajstić information content (AvgIpc) is 2.68. The maximum absolute atomic E-state index is 13.0. The fourth-order valence-corrected chi connectivity index (χ4v) is 3.15. The van der Waals surface area contributed by atoms with Crippen molar-refractivity contribution < 1.29 is 19.0 Å². The molecule has 0 saturated carbocycles. The predicted molar refractivity (Wildman–Crippen MR) is 89.0 cm³/mol.